The van der Waals surface area contributed by atoms with E-state index < -0.39 is 5.91 Å². The lowest BCUT2D eigenvalue weighted by molar-refractivity contribution is -0.136. The van der Waals surface area contributed by atoms with Crippen molar-refractivity contribution in [2.75, 3.05) is 12.3 Å². The molecule has 4 N–H and O–H groups in total. The fourth-order valence-corrected chi connectivity index (χ4v) is 4.45. The fraction of sp³-hybridized carbons (Fsp3) is 0.429. The van der Waals surface area contributed by atoms with Crippen LogP contribution in [0.1, 0.15) is 60.6 Å². The van der Waals surface area contributed by atoms with Gasteiger partial charge in [0, 0.05) is 29.8 Å². The Bertz CT molecular complexity index is 907. The van der Waals surface area contributed by atoms with Crippen molar-refractivity contribution in [3.63, 3.8) is 0 Å². The monoisotopic (exact) mass is 379 g/mol. The maximum atomic E-state index is 13.1. The SMILES string of the molecule is NC(=O)c1cccc(-c2cnc(N)nc2[C@@H]2CCCN2C(=O)C2CCCC2)c1. The van der Waals surface area contributed by atoms with Gasteiger partial charge in [0.05, 0.1) is 11.7 Å². The van der Waals surface area contributed by atoms with Crippen molar-refractivity contribution in [2.24, 2.45) is 11.7 Å². The lowest BCUT2D eigenvalue weighted by Gasteiger charge is -2.28. The molecule has 4 rings (SSSR count). The number of carbonyl (C=O) groups excluding carboxylic acids is 2. The van der Waals surface area contributed by atoms with Gasteiger partial charge in [-0.15, -0.1) is 0 Å². The molecule has 1 aliphatic carbocycles. The number of anilines is 1. The molecule has 146 valence electrons. The van der Waals surface area contributed by atoms with Crippen molar-refractivity contribution < 1.29 is 9.59 Å². The summed E-state index contributed by atoms with van der Waals surface area (Å²) in [6, 6.07) is 6.97. The molecule has 0 unspecified atom stereocenters. The molecule has 0 spiro atoms. The third-order valence-corrected chi connectivity index (χ3v) is 5.85. The van der Waals surface area contributed by atoms with Gasteiger partial charge in [0.15, 0.2) is 0 Å². The van der Waals surface area contributed by atoms with Crippen LogP contribution in [-0.2, 0) is 4.79 Å². The Labute approximate surface area is 164 Å². The molecule has 0 radical (unpaired) electrons. The first kappa shape index (κ1) is 18.4. The molecule has 1 aliphatic heterocycles. The van der Waals surface area contributed by atoms with Crippen LogP contribution in [0.2, 0.25) is 0 Å². The largest absolute Gasteiger partial charge is 0.368 e. The summed E-state index contributed by atoms with van der Waals surface area (Å²) in [4.78, 5) is 35.3. The maximum absolute atomic E-state index is 13.1. The van der Waals surface area contributed by atoms with Crippen LogP contribution in [0.15, 0.2) is 30.5 Å². The highest BCUT2D eigenvalue weighted by Gasteiger charge is 2.37. The molecule has 1 aromatic heterocycles. The summed E-state index contributed by atoms with van der Waals surface area (Å²) in [5.41, 5.74) is 14.1. The van der Waals surface area contributed by atoms with Crippen LogP contribution >= 0.6 is 0 Å². The van der Waals surface area contributed by atoms with Gasteiger partial charge in [-0.3, -0.25) is 9.59 Å². The number of nitrogens with zero attached hydrogens (tertiary/aromatic N) is 3. The normalized spacial score (nSPS) is 19.9. The minimum absolute atomic E-state index is 0.120. The van der Waals surface area contributed by atoms with Gasteiger partial charge >= 0.3 is 0 Å². The molecule has 2 heterocycles. The number of likely N-dealkylation sites (tertiary alicyclic amines) is 1. The average molecular weight is 379 g/mol. The van der Waals surface area contributed by atoms with E-state index >= 15 is 0 Å². The number of benzene rings is 1. The summed E-state index contributed by atoms with van der Waals surface area (Å²) in [6.45, 7) is 0.741. The molecule has 7 heteroatoms. The number of nitrogens with two attached hydrogens (primary N) is 2. The van der Waals surface area contributed by atoms with Crippen molar-refractivity contribution in [2.45, 2.75) is 44.6 Å². The second kappa shape index (κ2) is 7.58. The lowest BCUT2D eigenvalue weighted by Crippen LogP contribution is -2.35. The maximum Gasteiger partial charge on any atom is 0.248 e. The predicted molar refractivity (Wildman–Crippen MR) is 106 cm³/mol. The van der Waals surface area contributed by atoms with Crippen LogP contribution in [0.3, 0.4) is 0 Å². The third kappa shape index (κ3) is 3.44. The number of nitrogen functional groups attached to an aromatic ring is 1. The van der Waals surface area contributed by atoms with E-state index in [9.17, 15) is 9.59 Å². The standard InChI is InChI=1S/C21H25N5O2/c22-19(27)15-8-3-7-14(11-15)16-12-24-21(23)25-18(16)17-9-4-10-26(17)20(28)13-5-1-2-6-13/h3,7-8,11-13,17H,1-2,4-6,9-10H2,(H2,22,27)(H2,23,24,25)/t17-/m0/s1. The summed E-state index contributed by atoms with van der Waals surface area (Å²) >= 11 is 0. The minimum Gasteiger partial charge on any atom is -0.368 e. The van der Waals surface area contributed by atoms with Gasteiger partial charge in [-0.2, -0.15) is 0 Å². The second-order valence-electron chi connectivity index (χ2n) is 7.64. The summed E-state index contributed by atoms with van der Waals surface area (Å²) < 4.78 is 0. The molecule has 2 aliphatic rings. The highest BCUT2D eigenvalue weighted by atomic mass is 16.2. The minimum atomic E-state index is -0.487. The Balaban J connectivity index is 1.73. The van der Waals surface area contributed by atoms with Crippen LogP contribution in [0.5, 0.6) is 0 Å². The number of aromatic nitrogens is 2. The Morgan fingerprint density at radius 2 is 1.89 bits per heavy atom. The van der Waals surface area contributed by atoms with Gasteiger partial charge < -0.3 is 16.4 Å². The number of carbonyl (C=O) groups is 2. The van der Waals surface area contributed by atoms with Gasteiger partial charge in [-0.25, -0.2) is 9.97 Å². The van der Waals surface area contributed by atoms with Crippen LogP contribution in [-0.4, -0.2) is 33.2 Å². The first-order valence-corrected chi connectivity index (χ1v) is 9.87. The second-order valence-corrected chi connectivity index (χ2v) is 7.64. The third-order valence-electron chi connectivity index (χ3n) is 5.85. The Morgan fingerprint density at radius 1 is 1.11 bits per heavy atom. The van der Waals surface area contributed by atoms with Gasteiger partial charge in [0.25, 0.3) is 0 Å². The molecule has 2 aromatic rings. The number of hydrogen-bond donors (Lipinski definition) is 2. The van der Waals surface area contributed by atoms with Crippen LogP contribution in [0.4, 0.5) is 5.95 Å². The van der Waals surface area contributed by atoms with Gasteiger partial charge in [0.1, 0.15) is 0 Å². The first-order chi connectivity index (χ1) is 13.5. The van der Waals surface area contributed by atoms with E-state index in [1.807, 2.05) is 11.0 Å². The van der Waals surface area contributed by atoms with Crippen molar-refractivity contribution in [3.8, 4) is 11.1 Å². The van der Waals surface area contributed by atoms with Crippen molar-refractivity contribution in [3.05, 3.63) is 41.7 Å². The lowest BCUT2D eigenvalue weighted by atomic mass is 9.97. The predicted octanol–water partition coefficient (Wildman–Crippen LogP) is 2.68. The summed E-state index contributed by atoms with van der Waals surface area (Å²) in [7, 11) is 0. The average Bonchev–Trinajstić information content (AvgIpc) is 3.39. The van der Waals surface area contributed by atoms with Crippen LogP contribution in [0.25, 0.3) is 11.1 Å². The van der Waals surface area contributed by atoms with E-state index in [4.69, 9.17) is 11.5 Å². The van der Waals surface area contributed by atoms with E-state index in [2.05, 4.69) is 9.97 Å². The summed E-state index contributed by atoms with van der Waals surface area (Å²) in [6.07, 6.45) is 7.66. The smallest absolute Gasteiger partial charge is 0.248 e. The van der Waals surface area contributed by atoms with E-state index in [1.54, 1.807) is 24.4 Å². The number of amides is 2. The zero-order valence-electron chi connectivity index (χ0n) is 15.8. The van der Waals surface area contributed by atoms with E-state index in [0.29, 0.717) is 5.56 Å². The Hall–Kier alpha value is -2.96. The molecular formula is C21H25N5O2. The summed E-state index contributed by atoms with van der Waals surface area (Å²) in [5.74, 6) is 0.0547. The molecule has 2 amide bonds. The molecule has 1 saturated carbocycles. The molecular weight excluding hydrogens is 354 g/mol. The fourth-order valence-electron chi connectivity index (χ4n) is 4.45. The highest BCUT2D eigenvalue weighted by molar-refractivity contribution is 5.94. The zero-order valence-corrected chi connectivity index (χ0v) is 15.8. The van der Waals surface area contributed by atoms with Crippen LogP contribution in [0, 0.1) is 5.92 Å². The van der Waals surface area contributed by atoms with Crippen LogP contribution < -0.4 is 11.5 Å². The molecule has 1 atom stereocenters. The Morgan fingerprint density at radius 3 is 2.64 bits per heavy atom. The molecule has 0 bridgehead atoms. The van der Waals surface area contributed by atoms with E-state index in [-0.39, 0.29) is 23.8 Å². The molecule has 2 fully saturated rings. The number of rotatable bonds is 4. The molecule has 28 heavy (non-hydrogen) atoms. The molecule has 1 aromatic carbocycles. The van der Waals surface area contributed by atoms with E-state index in [1.165, 1.54) is 0 Å². The number of hydrogen-bond acceptors (Lipinski definition) is 5. The summed E-state index contributed by atoms with van der Waals surface area (Å²) in [5, 5.41) is 0. The number of primary amides is 1. The Kier molecular flexibility index (Phi) is 4.98. The van der Waals surface area contributed by atoms with Gasteiger partial charge in [-0.1, -0.05) is 25.0 Å². The van der Waals surface area contributed by atoms with Gasteiger partial charge in [-0.05, 0) is 43.4 Å². The molecule has 1 saturated heterocycles. The van der Waals surface area contributed by atoms with Crippen molar-refractivity contribution in [1.82, 2.24) is 14.9 Å². The molecule has 7 nitrogen and oxygen atoms in total. The highest BCUT2D eigenvalue weighted by Crippen LogP contribution is 2.39. The van der Waals surface area contributed by atoms with Crippen molar-refractivity contribution >= 4 is 17.8 Å². The quantitative estimate of drug-likeness (QED) is 0.847. The van der Waals surface area contributed by atoms with Gasteiger partial charge in [0.2, 0.25) is 17.8 Å². The first-order valence-electron chi connectivity index (χ1n) is 9.87. The van der Waals surface area contributed by atoms with Crippen molar-refractivity contribution in [1.29, 1.82) is 0 Å². The topological polar surface area (TPSA) is 115 Å². The van der Waals surface area contributed by atoms with E-state index in [0.717, 1.165) is 61.9 Å². The zero-order chi connectivity index (χ0) is 19.7.